The van der Waals surface area contributed by atoms with Gasteiger partial charge in [-0.1, -0.05) is 54.1 Å². The Kier molecular flexibility index (Phi) is 7.77. The quantitative estimate of drug-likeness (QED) is 0.239. The number of carbonyl (C=O) groups is 1. The number of benzene rings is 3. The second-order valence-electron chi connectivity index (χ2n) is 8.72. The summed E-state index contributed by atoms with van der Waals surface area (Å²) in [7, 11) is 0. The van der Waals surface area contributed by atoms with E-state index in [4.69, 9.17) is 26.0 Å². The number of aromatic nitrogens is 2. The smallest absolute Gasteiger partial charge is 0.222 e. The van der Waals surface area contributed by atoms with E-state index in [1.807, 2.05) is 78.9 Å². The summed E-state index contributed by atoms with van der Waals surface area (Å²) >= 11 is 6.11. The number of nitrogens with one attached hydrogen (secondary N) is 1. The van der Waals surface area contributed by atoms with Crippen LogP contribution in [0.3, 0.4) is 0 Å². The molecule has 2 aromatic heterocycles. The number of amides is 1. The number of hydrogen-bond acceptors (Lipinski definition) is 5. The van der Waals surface area contributed by atoms with Crippen molar-refractivity contribution < 1.29 is 9.21 Å². The van der Waals surface area contributed by atoms with Crippen molar-refractivity contribution in [2.75, 3.05) is 18.0 Å². The van der Waals surface area contributed by atoms with Gasteiger partial charge in [0.2, 0.25) is 5.91 Å². The zero-order valence-electron chi connectivity index (χ0n) is 20.3. The molecule has 0 aliphatic carbocycles. The summed E-state index contributed by atoms with van der Waals surface area (Å²) in [6.07, 6.45) is 2.75. The minimum Gasteiger partial charge on any atom is -0.467 e. The van der Waals surface area contributed by atoms with Crippen molar-refractivity contribution in [1.29, 1.82) is 0 Å². The van der Waals surface area contributed by atoms with Crippen LogP contribution in [-0.4, -0.2) is 29.0 Å². The van der Waals surface area contributed by atoms with Crippen LogP contribution in [0.5, 0.6) is 0 Å². The van der Waals surface area contributed by atoms with E-state index < -0.39 is 0 Å². The third-order valence-electron chi connectivity index (χ3n) is 6.15. The Morgan fingerprint density at radius 3 is 2.43 bits per heavy atom. The van der Waals surface area contributed by atoms with Crippen molar-refractivity contribution in [3.63, 3.8) is 0 Å². The molecular weight excluding hydrogens is 484 g/mol. The summed E-state index contributed by atoms with van der Waals surface area (Å²) in [6.45, 7) is 1.58. The van der Waals surface area contributed by atoms with Crippen LogP contribution in [0.1, 0.15) is 17.7 Å². The van der Waals surface area contributed by atoms with E-state index in [1.54, 1.807) is 6.26 Å². The second-order valence-corrected chi connectivity index (χ2v) is 9.16. The van der Waals surface area contributed by atoms with Gasteiger partial charge in [-0.3, -0.25) is 4.79 Å². The van der Waals surface area contributed by atoms with Gasteiger partial charge in [-0.25, -0.2) is 9.97 Å². The van der Waals surface area contributed by atoms with E-state index in [1.165, 1.54) is 5.56 Å². The Morgan fingerprint density at radius 1 is 0.865 bits per heavy atom. The van der Waals surface area contributed by atoms with Crippen molar-refractivity contribution in [2.45, 2.75) is 19.4 Å². The molecule has 5 rings (SSSR count). The molecule has 0 aliphatic rings. The minimum atomic E-state index is -0.0441. The van der Waals surface area contributed by atoms with Gasteiger partial charge < -0.3 is 14.6 Å². The Labute approximate surface area is 220 Å². The van der Waals surface area contributed by atoms with E-state index in [9.17, 15) is 4.79 Å². The lowest BCUT2D eigenvalue weighted by Gasteiger charge is -2.25. The van der Waals surface area contributed by atoms with Gasteiger partial charge >= 0.3 is 0 Å². The molecule has 6 nitrogen and oxygen atoms in total. The molecule has 1 amide bonds. The highest BCUT2D eigenvalue weighted by molar-refractivity contribution is 6.30. The van der Waals surface area contributed by atoms with Crippen LogP contribution in [0.4, 0.5) is 5.82 Å². The molecule has 0 unspecified atom stereocenters. The minimum absolute atomic E-state index is 0.0441. The number of nitrogens with zero attached hydrogens (tertiary/aromatic N) is 3. The Morgan fingerprint density at radius 2 is 1.65 bits per heavy atom. The molecule has 37 heavy (non-hydrogen) atoms. The first-order valence-corrected chi connectivity index (χ1v) is 12.6. The van der Waals surface area contributed by atoms with E-state index in [2.05, 4.69) is 22.3 Å². The van der Waals surface area contributed by atoms with Gasteiger partial charge in [-0.2, -0.15) is 0 Å². The van der Waals surface area contributed by atoms with Crippen LogP contribution in [-0.2, 0) is 17.8 Å². The largest absolute Gasteiger partial charge is 0.467 e. The summed E-state index contributed by atoms with van der Waals surface area (Å²) < 4.78 is 5.33. The average molecular weight is 511 g/mol. The number of rotatable bonds is 10. The molecule has 3 aromatic carbocycles. The number of anilines is 1. The highest BCUT2D eigenvalue weighted by Gasteiger charge is 2.17. The normalized spacial score (nSPS) is 10.9. The maximum absolute atomic E-state index is 12.7. The Bertz CT molecular complexity index is 1450. The molecule has 1 N–H and O–H groups in total. The van der Waals surface area contributed by atoms with E-state index in [0.717, 1.165) is 34.5 Å². The van der Waals surface area contributed by atoms with Gasteiger partial charge in [-0.15, -0.1) is 0 Å². The zero-order valence-corrected chi connectivity index (χ0v) is 21.1. The highest BCUT2D eigenvalue weighted by Crippen LogP contribution is 2.28. The van der Waals surface area contributed by atoms with Gasteiger partial charge in [0.15, 0.2) is 5.82 Å². The van der Waals surface area contributed by atoms with Gasteiger partial charge in [0.25, 0.3) is 0 Å². The van der Waals surface area contributed by atoms with Gasteiger partial charge in [0.1, 0.15) is 11.6 Å². The Balaban J connectivity index is 1.44. The second kappa shape index (κ2) is 11.7. The number of furan rings is 1. The molecule has 0 saturated carbocycles. The van der Waals surface area contributed by atoms with Crippen LogP contribution in [0.15, 0.2) is 102 Å². The third-order valence-corrected chi connectivity index (χ3v) is 6.40. The molecule has 0 aliphatic heterocycles. The van der Waals surface area contributed by atoms with Crippen LogP contribution >= 0.6 is 11.6 Å². The van der Waals surface area contributed by atoms with E-state index in [0.29, 0.717) is 36.9 Å². The van der Waals surface area contributed by atoms with Crippen molar-refractivity contribution in [3.8, 4) is 11.4 Å². The first kappa shape index (κ1) is 24.5. The summed E-state index contributed by atoms with van der Waals surface area (Å²) in [5, 5.41) is 4.55. The van der Waals surface area contributed by atoms with E-state index >= 15 is 0 Å². The summed E-state index contributed by atoms with van der Waals surface area (Å²) in [5.41, 5.74) is 2.96. The molecule has 0 spiro atoms. The molecule has 0 fully saturated rings. The first-order valence-electron chi connectivity index (χ1n) is 12.3. The van der Waals surface area contributed by atoms with Crippen molar-refractivity contribution in [3.05, 3.63) is 114 Å². The first-order chi connectivity index (χ1) is 18.2. The maximum atomic E-state index is 12.7. The fourth-order valence-electron chi connectivity index (χ4n) is 4.19. The molecule has 0 radical (unpaired) electrons. The summed E-state index contributed by atoms with van der Waals surface area (Å²) in [5.74, 6) is 2.11. The molecule has 186 valence electrons. The number of fused-ring (bicyclic) bond motifs is 1. The van der Waals surface area contributed by atoms with Crippen LogP contribution in [0, 0.1) is 0 Å². The average Bonchev–Trinajstić information content (AvgIpc) is 3.46. The summed E-state index contributed by atoms with van der Waals surface area (Å²) in [6, 6.07) is 29.5. The summed E-state index contributed by atoms with van der Waals surface area (Å²) in [4.78, 5) is 24.7. The van der Waals surface area contributed by atoms with Gasteiger partial charge in [0, 0.05) is 35.5 Å². The Hall–Kier alpha value is -4.16. The van der Waals surface area contributed by atoms with Crippen LogP contribution in [0.2, 0.25) is 5.02 Å². The monoisotopic (exact) mass is 510 g/mol. The lowest BCUT2D eigenvalue weighted by molar-refractivity contribution is -0.121. The fourth-order valence-corrected chi connectivity index (χ4v) is 4.31. The SMILES string of the molecule is O=C(CCN(CCc1ccccc1)c1nc(-c2ccc(Cl)cc2)nc2ccccc12)NCc1ccco1. The maximum Gasteiger partial charge on any atom is 0.222 e. The van der Waals surface area contributed by atoms with Crippen molar-refractivity contribution >= 4 is 34.2 Å². The lowest BCUT2D eigenvalue weighted by atomic mass is 10.1. The predicted octanol–water partition coefficient (Wildman–Crippen LogP) is 6.30. The standard InChI is InChI=1S/C30H27ClN4O2/c31-24-14-12-23(13-15-24)29-33-27-11-5-4-10-26(27)30(34-29)35(18-16-22-7-2-1-3-8-22)19-17-28(36)32-21-25-9-6-20-37-25/h1-15,20H,16-19,21H2,(H,32,36). The topological polar surface area (TPSA) is 71.3 Å². The molecule has 0 bridgehead atoms. The van der Waals surface area contributed by atoms with Crippen molar-refractivity contribution in [2.24, 2.45) is 0 Å². The predicted molar refractivity (Wildman–Crippen MR) is 148 cm³/mol. The molecule has 0 saturated heterocycles. The number of hydrogen-bond donors (Lipinski definition) is 1. The molecule has 0 atom stereocenters. The van der Waals surface area contributed by atoms with Crippen LogP contribution < -0.4 is 10.2 Å². The van der Waals surface area contributed by atoms with Crippen molar-refractivity contribution in [1.82, 2.24) is 15.3 Å². The van der Waals surface area contributed by atoms with E-state index in [-0.39, 0.29) is 5.91 Å². The number of halogens is 1. The van der Waals surface area contributed by atoms with Gasteiger partial charge in [0.05, 0.1) is 18.3 Å². The molecule has 7 heteroatoms. The molecular formula is C30H27ClN4O2. The number of para-hydroxylation sites is 1. The lowest BCUT2D eigenvalue weighted by Crippen LogP contribution is -2.33. The van der Waals surface area contributed by atoms with Crippen LogP contribution in [0.25, 0.3) is 22.3 Å². The fraction of sp³-hybridized carbons (Fsp3) is 0.167. The third kappa shape index (κ3) is 6.35. The number of carbonyl (C=O) groups excluding carboxylic acids is 1. The zero-order chi connectivity index (χ0) is 25.5. The van der Waals surface area contributed by atoms with Gasteiger partial charge in [-0.05, 0) is 60.5 Å². The molecule has 2 heterocycles. The molecule has 5 aromatic rings. The highest BCUT2D eigenvalue weighted by atomic mass is 35.5.